The maximum Gasteiger partial charge on any atom is 0.0991 e. The molecule has 7 aromatic carbocycles. The fraction of sp³-hybridized carbons (Fsp3) is 0. The van der Waals surface area contributed by atoms with E-state index >= 15 is 0 Å². The first-order valence-electron chi connectivity index (χ1n) is 13.8. The summed E-state index contributed by atoms with van der Waals surface area (Å²) in [6, 6.07) is 54.0. The topological polar surface area (TPSA) is 28.7 Å². The molecule has 0 aliphatic heterocycles. The number of para-hydroxylation sites is 2. The predicted molar refractivity (Wildman–Crippen MR) is 171 cm³/mol. The number of hydrogen-bond acceptors (Lipinski definition) is 1. The first-order chi connectivity index (χ1) is 20.3. The molecule has 0 aliphatic rings. The lowest BCUT2D eigenvalue weighted by atomic mass is 10.0. The van der Waals surface area contributed by atoms with E-state index < -0.39 is 0 Å². The molecule has 1 heterocycles. The van der Waals surface area contributed by atoms with Gasteiger partial charge in [0.05, 0.1) is 22.7 Å². The lowest BCUT2D eigenvalue weighted by molar-refractivity contribution is 1.19. The molecular weight excluding hydrogens is 496 g/mol. The normalized spacial score (nSPS) is 11.4. The van der Waals surface area contributed by atoms with Gasteiger partial charge in [-0.05, 0) is 69.1 Å². The molecule has 0 amide bonds. The van der Waals surface area contributed by atoms with Crippen LogP contribution in [0.3, 0.4) is 0 Å². The zero-order chi connectivity index (χ0) is 27.3. The molecule has 8 aromatic rings. The molecule has 0 radical (unpaired) electrons. The van der Waals surface area contributed by atoms with E-state index in [9.17, 15) is 5.26 Å². The Hall–Kier alpha value is -5.65. The van der Waals surface area contributed by atoms with Gasteiger partial charge in [0, 0.05) is 27.6 Å². The highest BCUT2D eigenvalue weighted by molar-refractivity contribution is 6.17. The van der Waals surface area contributed by atoms with Crippen LogP contribution >= 0.6 is 0 Å². The molecule has 190 valence electrons. The van der Waals surface area contributed by atoms with Crippen LogP contribution < -0.4 is 0 Å². The van der Waals surface area contributed by atoms with Crippen molar-refractivity contribution >= 4 is 43.4 Å². The Morgan fingerprint density at radius 3 is 1.54 bits per heavy atom. The Morgan fingerprint density at radius 1 is 0.439 bits per heavy atom. The SMILES string of the molecule is N#Cc1ccc2cc3cc(-n4c5c(-c6ccccc6)cccc5c5cccc(-c6ccccc6)c54)ccc3cc2c1. The molecule has 1 aromatic heterocycles. The van der Waals surface area contributed by atoms with Crippen LogP contribution in [0, 0.1) is 11.3 Å². The second kappa shape index (κ2) is 9.23. The van der Waals surface area contributed by atoms with Crippen LogP contribution in [0.4, 0.5) is 0 Å². The molecule has 2 heteroatoms. The van der Waals surface area contributed by atoms with Crippen LogP contribution in [0.5, 0.6) is 0 Å². The van der Waals surface area contributed by atoms with Gasteiger partial charge in [-0.2, -0.15) is 5.26 Å². The van der Waals surface area contributed by atoms with Gasteiger partial charge in [-0.15, -0.1) is 0 Å². The van der Waals surface area contributed by atoms with E-state index in [0.29, 0.717) is 5.56 Å². The van der Waals surface area contributed by atoms with Gasteiger partial charge in [0.25, 0.3) is 0 Å². The highest BCUT2D eigenvalue weighted by atomic mass is 15.0. The Labute approximate surface area is 238 Å². The zero-order valence-electron chi connectivity index (χ0n) is 22.3. The molecule has 0 bridgehead atoms. The van der Waals surface area contributed by atoms with Gasteiger partial charge in [-0.25, -0.2) is 0 Å². The van der Waals surface area contributed by atoms with Crippen LogP contribution in [0.15, 0.2) is 146 Å². The molecular formula is C39H24N2. The minimum absolute atomic E-state index is 0.681. The van der Waals surface area contributed by atoms with Crippen molar-refractivity contribution in [1.82, 2.24) is 4.57 Å². The summed E-state index contributed by atoms with van der Waals surface area (Å²) in [6.07, 6.45) is 0. The van der Waals surface area contributed by atoms with Crippen molar-refractivity contribution in [1.29, 1.82) is 5.26 Å². The average Bonchev–Trinajstić information content (AvgIpc) is 3.39. The van der Waals surface area contributed by atoms with E-state index in [4.69, 9.17) is 0 Å². The molecule has 0 spiro atoms. The third-order valence-electron chi connectivity index (χ3n) is 8.15. The van der Waals surface area contributed by atoms with E-state index in [2.05, 4.69) is 138 Å². The van der Waals surface area contributed by atoms with Crippen molar-refractivity contribution in [3.05, 3.63) is 151 Å². The van der Waals surface area contributed by atoms with Crippen molar-refractivity contribution in [2.75, 3.05) is 0 Å². The number of rotatable bonds is 3. The number of aromatic nitrogens is 1. The summed E-state index contributed by atoms with van der Waals surface area (Å²) in [7, 11) is 0. The second-order valence-electron chi connectivity index (χ2n) is 10.5. The van der Waals surface area contributed by atoms with Gasteiger partial charge >= 0.3 is 0 Å². The number of benzene rings is 7. The van der Waals surface area contributed by atoms with Crippen LogP contribution in [-0.4, -0.2) is 4.57 Å². The summed E-state index contributed by atoms with van der Waals surface area (Å²) in [5.74, 6) is 0. The molecule has 0 aliphatic carbocycles. The summed E-state index contributed by atoms with van der Waals surface area (Å²) in [5, 5.41) is 16.4. The van der Waals surface area contributed by atoms with Crippen molar-refractivity contribution in [3.8, 4) is 34.0 Å². The molecule has 0 saturated heterocycles. The first kappa shape index (κ1) is 23.3. The van der Waals surface area contributed by atoms with E-state index in [-0.39, 0.29) is 0 Å². The van der Waals surface area contributed by atoms with Gasteiger partial charge in [-0.3, -0.25) is 0 Å². The van der Waals surface area contributed by atoms with E-state index in [1.165, 1.54) is 49.4 Å². The third-order valence-corrected chi connectivity index (χ3v) is 8.15. The molecule has 41 heavy (non-hydrogen) atoms. The molecule has 0 N–H and O–H groups in total. The molecule has 0 fully saturated rings. The summed E-state index contributed by atoms with van der Waals surface area (Å²) < 4.78 is 2.46. The third kappa shape index (κ3) is 3.72. The Kier molecular flexibility index (Phi) is 5.23. The zero-order valence-corrected chi connectivity index (χ0v) is 22.3. The van der Waals surface area contributed by atoms with Crippen molar-refractivity contribution < 1.29 is 0 Å². The quantitative estimate of drug-likeness (QED) is 0.213. The fourth-order valence-corrected chi connectivity index (χ4v) is 6.27. The molecule has 2 nitrogen and oxygen atoms in total. The number of hydrogen-bond donors (Lipinski definition) is 0. The summed E-state index contributed by atoms with van der Waals surface area (Å²) in [6.45, 7) is 0. The molecule has 0 unspecified atom stereocenters. The summed E-state index contributed by atoms with van der Waals surface area (Å²) in [4.78, 5) is 0. The lowest BCUT2D eigenvalue weighted by Gasteiger charge is -2.15. The highest BCUT2D eigenvalue weighted by Crippen LogP contribution is 2.42. The van der Waals surface area contributed by atoms with Crippen molar-refractivity contribution in [2.24, 2.45) is 0 Å². The van der Waals surface area contributed by atoms with Crippen LogP contribution in [0.2, 0.25) is 0 Å². The van der Waals surface area contributed by atoms with Gasteiger partial charge in [0.2, 0.25) is 0 Å². The van der Waals surface area contributed by atoms with Gasteiger partial charge in [-0.1, -0.05) is 109 Å². The number of fused-ring (bicyclic) bond motifs is 5. The smallest absolute Gasteiger partial charge is 0.0991 e. The van der Waals surface area contributed by atoms with Crippen molar-refractivity contribution in [2.45, 2.75) is 0 Å². The number of nitriles is 1. The Morgan fingerprint density at radius 2 is 0.976 bits per heavy atom. The minimum atomic E-state index is 0.681. The summed E-state index contributed by atoms with van der Waals surface area (Å²) in [5.41, 5.74) is 9.03. The fourth-order valence-electron chi connectivity index (χ4n) is 6.27. The van der Waals surface area contributed by atoms with E-state index in [0.717, 1.165) is 21.8 Å². The predicted octanol–water partition coefficient (Wildman–Crippen LogP) is 10.3. The second-order valence-corrected chi connectivity index (χ2v) is 10.5. The average molecular weight is 521 g/mol. The highest BCUT2D eigenvalue weighted by Gasteiger charge is 2.19. The monoisotopic (exact) mass is 520 g/mol. The number of nitrogens with zero attached hydrogens (tertiary/aromatic N) is 2. The van der Waals surface area contributed by atoms with Gasteiger partial charge in [0.15, 0.2) is 0 Å². The van der Waals surface area contributed by atoms with E-state index in [1.54, 1.807) is 0 Å². The van der Waals surface area contributed by atoms with Gasteiger partial charge in [0.1, 0.15) is 0 Å². The summed E-state index contributed by atoms with van der Waals surface area (Å²) >= 11 is 0. The van der Waals surface area contributed by atoms with E-state index in [1.807, 2.05) is 18.2 Å². The van der Waals surface area contributed by atoms with Crippen LogP contribution in [0.25, 0.3) is 71.3 Å². The molecule has 0 saturated carbocycles. The van der Waals surface area contributed by atoms with Crippen LogP contribution in [-0.2, 0) is 0 Å². The maximum absolute atomic E-state index is 9.38. The molecule has 0 atom stereocenters. The molecule has 8 rings (SSSR count). The lowest BCUT2D eigenvalue weighted by Crippen LogP contribution is -1.97. The van der Waals surface area contributed by atoms with Crippen LogP contribution in [0.1, 0.15) is 5.56 Å². The Bertz CT molecular complexity index is 2210. The minimum Gasteiger partial charge on any atom is -0.308 e. The standard InChI is InChI=1S/C39H24N2/c40-25-26-17-18-29-23-32-24-33(20-19-30(32)22-31(29)21-26)41-38-34(27-9-3-1-4-10-27)13-7-15-36(38)37-16-8-14-35(39(37)41)28-11-5-2-6-12-28/h1-24H. The van der Waals surface area contributed by atoms with Crippen molar-refractivity contribution in [3.63, 3.8) is 0 Å². The maximum atomic E-state index is 9.38. The largest absolute Gasteiger partial charge is 0.308 e. The first-order valence-corrected chi connectivity index (χ1v) is 13.8. The van der Waals surface area contributed by atoms with Gasteiger partial charge < -0.3 is 4.57 Å². The Balaban J connectivity index is 1.50.